The molecular weight excluding hydrogens is 341 g/mol. The van der Waals surface area contributed by atoms with Crippen molar-refractivity contribution in [1.82, 2.24) is 4.98 Å². The summed E-state index contributed by atoms with van der Waals surface area (Å²) in [6.07, 6.45) is 2.56. The maximum Gasteiger partial charge on any atom is 0.229 e. The van der Waals surface area contributed by atoms with Gasteiger partial charge in [-0.2, -0.15) is 0 Å². The highest BCUT2D eigenvalue weighted by Gasteiger charge is 2.07. The van der Waals surface area contributed by atoms with Crippen molar-refractivity contribution in [3.8, 4) is 0 Å². The second kappa shape index (κ2) is 8.94. The highest BCUT2D eigenvalue weighted by molar-refractivity contribution is 5.91. The van der Waals surface area contributed by atoms with Crippen LogP contribution in [0.5, 0.6) is 0 Å². The molecule has 2 aromatic carbocycles. The zero-order valence-corrected chi connectivity index (χ0v) is 15.2. The zero-order valence-electron chi connectivity index (χ0n) is 15.2. The summed E-state index contributed by atoms with van der Waals surface area (Å²) in [6, 6.07) is 18.2. The van der Waals surface area contributed by atoms with Gasteiger partial charge in [-0.3, -0.25) is 4.79 Å². The average molecular weight is 363 g/mol. The summed E-state index contributed by atoms with van der Waals surface area (Å²) in [6.45, 7) is 2.59. The van der Waals surface area contributed by atoms with Crippen LogP contribution in [-0.2, 0) is 17.6 Å². The number of amides is 1. The van der Waals surface area contributed by atoms with Gasteiger partial charge in [0.1, 0.15) is 11.6 Å². The molecule has 0 aliphatic carbocycles. The molecule has 0 aliphatic heterocycles. The molecule has 0 saturated heterocycles. The van der Waals surface area contributed by atoms with E-state index >= 15 is 0 Å². The number of aromatic nitrogens is 1. The number of rotatable bonds is 7. The van der Waals surface area contributed by atoms with Crippen LogP contribution in [0.15, 0.2) is 66.9 Å². The van der Waals surface area contributed by atoms with E-state index in [0.717, 1.165) is 16.8 Å². The van der Waals surface area contributed by atoms with Gasteiger partial charge in [-0.25, -0.2) is 9.37 Å². The van der Waals surface area contributed by atoms with Gasteiger partial charge in [-0.15, -0.1) is 0 Å². The Balaban J connectivity index is 1.49. The maximum atomic E-state index is 13.6. The molecule has 1 amide bonds. The van der Waals surface area contributed by atoms with Gasteiger partial charge in [0.05, 0.1) is 18.3 Å². The second-order valence-corrected chi connectivity index (χ2v) is 6.35. The van der Waals surface area contributed by atoms with Crippen LogP contribution in [0.1, 0.15) is 16.7 Å². The molecule has 0 aliphatic rings. The molecule has 0 saturated carbocycles. The molecule has 138 valence electrons. The Morgan fingerprint density at radius 1 is 1.00 bits per heavy atom. The molecule has 3 rings (SSSR count). The lowest BCUT2D eigenvalue weighted by Gasteiger charge is -2.09. The summed E-state index contributed by atoms with van der Waals surface area (Å²) in [4.78, 5) is 16.4. The average Bonchev–Trinajstić information content (AvgIpc) is 2.66. The van der Waals surface area contributed by atoms with Crippen LogP contribution >= 0.6 is 0 Å². The summed E-state index contributed by atoms with van der Waals surface area (Å²) in [5.41, 5.74) is 3.60. The van der Waals surface area contributed by atoms with Gasteiger partial charge < -0.3 is 10.6 Å². The Bertz CT molecular complexity index is 909. The van der Waals surface area contributed by atoms with Gasteiger partial charge in [-0.05, 0) is 48.2 Å². The SMILES string of the molecule is Cc1ccccc1CC(=O)Nc1ccc(NCCc2ccccc2F)cn1. The molecule has 1 heterocycles. The molecule has 3 aromatic rings. The summed E-state index contributed by atoms with van der Waals surface area (Å²) < 4.78 is 13.6. The molecule has 5 heteroatoms. The number of hydrogen-bond acceptors (Lipinski definition) is 3. The van der Waals surface area contributed by atoms with Crippen molar-refractivity contribution in [1.29, 1.82) is 0 Å². The number of nitrogens with one attached hydrogen (secondary N) is 2. The third-order valence-electron chi connectivity index (χ3n) is 4.32. The molecule has 1 aromatic heterocycles. The molecule has 0 bridgehead atoms. The van der Waals surface area contributed by atoms with E-state index in [1.54, 1.807) is 24.4 Å². The van der Waals surface area contributed by atoms with Crippen LogP contribution in [0.2, 0.25) is 0 Å². The van der Waals surface area contributed by atoms with Crippen LogP contribution in [0.25, 0.3) is 0 Å². The first-order valence-corrected chi connectivity index (χ1v) is 8.89. The number of anilines is 2. The summed E-state index contributed by atoms with van der Waals surface area (Å²) in [5.74, 6) is 0.217. The van der Waals surface area contributed by atoms with E-state index in [1.165, 1.54) is 6.07 Å². The number of hydrogen-bond donors (Lipinski definition) is 2. The number of aryl methyl sites for hydroxylation is 1. The summed E-state index contributed by atoms with van der Waals surface area (Å²) >= 11 is 0. The maximum absolute atomic E-state index is 13.6. The Hall–Kier alpha value is -3.21. The van der Waals surface area contributed by atoms with E-state index in [2.05, 4.69) is 15.6 Å². The fourth-order valence-corrected chi connectivity index (χ4v) is 2.78. The van der Waals surface area contributed by atoms with Crippen molar-refractivity contribution in [3.05, 3.63) is 89.4 Å². The van der Waals surface area contributed by atoms with Crippen molar-refractivity contribution in [2.75, 3.05) is 17.2 Å². The molecule has 27 heavy (non-hydrogen) atoms. The van der Waals surface area contributed by atoms with Crippen molar-refractivity contribution in [3.63, 3.8) is 0 Å². The Kier molecular flexibility index (Phi) is 6.15. The van der Waals surface area contributed by atoms with Crippen molar-refractivity contribution < 1.29 is 9.18 Å². The van der Waals surface area contributed by atoms with E-state index < -0.39 is 0 Å². The third kappa shape index (κ3) is 5.38. The van der Waals surface area contributed by atoms with E-state index in [-0.39, 0.29) is 11.7 Å². The molecule has 2 N–H and O–H groups in total. The number of benzene rings is 2. The second-order valence-electron chi connectivity index (χ2n) is 6.35. The zero-order chi connectivity index (χ0) is 19.1. The van der Waals surface area contributed by atoms with Crippen LogP contribution in [0, 0.1) is 12.7 Å². The molecule has 0 spiro atoms. The van der Waals surface area contributed by atoms with Gasteiger partial charge in [-0.1, -0.05) is 42.5 Å². The van der Waals surface area contributed by atoms with E-state index in [4.69, 9.17) is 0 Å². The number of pyridine rings is 1. The lowest BCUT2D eigenvalue weighted by molar-refractivity contribution is -0.115. The minimum absolute atomic E-state index is 0.0999. The topological polar surface area (TPSA) is 54.0 Å². The third-order valence-corrected chi connectivity index (χ3v) is 4.32. The van der Waals surface area contributed by atoms with Gasteiger partial charge in [0.15, 0.2) is 0 Å². The lowest BCUT2D eigenvalue weighted by atomic mass is 10.1. The fraction of sp³-hybridized carbons (Fsp3) is 0.182. The predicted molar refractivity (Wildman–Crippen MR) is 106 cm³/mol. The Labute approximate surface area is 158 Å². The van der Waals surface area contributed by atoms with Gasteiger partial charge >= 0.3 is 0 Å². The van der Waals surface area contributed by atoms with E-state index in [1.807, 2.05) is 43.3 Å². The first-order valence-electron chi connectivity index (χ1n) is 8.89. The predicted octanol–water partition coefficient (Wildman–Crippen LogP) is 4.36. The smallest absolute Gasteiger partial charge is 0.229 e. The van der Waals surface area contributed by atoms with Crippen LogP contribution in [-0.4, -0.2) is 17.4 Å². The molecule has 0 fully saturated rings. The Morgan fingerprint density at radius 3 is 2.44 bits per heavy atom. The molecule has 0 atom stereocenters. The molecule has 4 nitrogen and oxygen atoms in total. The van der Waals surface area contributed by atoms with Gasteiger partial charge in [0.25, 0.3) is 0 Å². The number of halogens is 1. The highest BCUT2D eigenvalue weighted by atomic mass is 19.1. The van der Waals surface area contributed by atoms with Gasteiger partial charge in [0, 0.05) is 6.54 Å². The van der Waals surface area contributed by atoms with Crippen LogP contribution < -0.4 is 10.6 Å². The largest absolute Gasteiger partial charge is 0.383 e. The minimum Gasteiger partial charge on any atom is -0.383 e. The fourth-order valence-electron chi connectivity index (χ4n) is 2.78. The normalized spacial score (nSPS) is 10.4. The minimum atomic E-state index is -0.191. The lowest BCUT2D eigenvalue weighted by Crippen LogP contribution is -2.16. The van der Waals surface area contributed by atoms with Crippen molar-refractivity contribution in [2.24, 2.45) is 0 Å². The standard InChI is InChI=1S/C22H22FN3O/c1-16-6-2-3-8-18(16)14-22(27)26-21-11-10-19(15-25-21)24-13-12-17-7-4-5-9-20(17)23/h2-11,15,24H,12-14H2,1H3,(H,25,26,27). The van der Waals surface area contributed by atoms with Crippen molar-refractivity contribution >= 4 is 17.4 Å². The van der Waals surface area contributed by atoms with E-state index in [9.17, 15) is 9.18 Å². The van der Waals surface area contributed by atoms with Crippen LogP contribution in [0.4, 0.5) is 15.9 Å². The number of carbonyl (C=O) groups is 1. The van der Waals surface area contributed by atoms with Crippen LogP contribution in [0.3, 0.4) is 0 Å². The Morgan fingerprint density at radius 2 is 1.74 bits per heavy atom. The van der Waals surface area contributed by atoms with E-state index in [0.29, 0.717) is 30.8 Å². The first-order chi connectivity index (χ1) is 13.1. The first kappa shape index (κ1) is 18.6. The highest BCUT2D eigenvalue weighted by Crippen LogP contribution is 2.13. The summed E-state index contributed by atoms with van der Waals surface area (Å²) in [7, 11) is 0. The summed E-state index contributed by atoms with van der Waals surface area (Å²) in [5, 5.41) is 6.01. The number of carbonyl (C=O) groups excluding carboxylic acids is 1. The monoisotopic (exact) mass is 363 g/mol. The molecular formula is C22H22FN3O. The van der Waals surface area contributed by atoms with Crippen molar-refractivity contribution in [2.45, 2.75) is 19.8 Å². The number of nitrogens with zero attached hydrogens (tertiary/aromatic N) is 1. The van der Waals surface area contributed by atoms with Gasteiger partial charge in [0.2, 0.25) is 5.91 Å². The molecule has 0 unspecified atom stereocenters. The molecule has 0 radical (unpaired) electrons. The quantitative estimate of drug-likeness (QED) is 0.656.